The Balaban J connectivity index is 2.37. The van der Waals surface area contributed by atoms with Crippen molar-refractivity contribution in [2.24, 2.45) is 0 Å². The van der Waals surface area contributed by atoms with Crippen LogP contribution in [0.4, 0.5) is 0 Å². The first-order chi connectivity index (χ1) is 6.29. The summed E-state index contributed by atoms with van der Waals surface area (Å²) in [5.74, 6) is 0.867. The van der Waals surface area contributed by atoms with Gasteiger partial charge < -0.3 is 4.74 Å². The van der Waals surface area contributed by atoms with Gasteiger partial charge in [0.1, 0.15) is 11.8 Å². The van der Waals surface area contributed by atoms with E-state index in [1.54, 1.807) is 0 Å². The third-order valence-electron chi connectivity index (χ3n) is 2.53. The van der Waals surface area contributed by atoms with Crippen LogP contribution >= 0.6 is 0 Å². The number of ether oxygens (including phenoxy) is 1. The van der Waals surface area contributed by atoms with E-state index in [4.69, 9.17) is 10.00 Å². The number of nitrogens with zero attached hydrogens (tertiary/aromatic N) is 1. The van der Waals surface area contributed by atoms with Crippen molar-refractivity contribution in [1.82, 2.24) is 0 Å². The standard InChI is InChI=1S/C11H11NO/c1-2-11(8-12)7-9-5-3-4-6-10(9)13-11/h3-6H,2,7H2,1H3/t11-/m1/s1. The highest BCUT2D eigenvalue weighted by Gasteiger charge is 2.37. The van der Waals surface area contributed by atoms with Gasteiger partial charge in [-0.05, 0) is 18.1 Å². The second-order valence-electron chi connectivity index (χ2n) is 3.35. The molecule has 0 spiro atoms. The fraction of sp³-hybridized carbons (Fsp3) is 0.364. The van der Waals surface area contributed by atoms with Gasteiger partial charge in [0.15, 0.2) is 5.60 Å². The molecule has 1 aliphatic rings. The molecule has 13 heavy (non-hydrogen) atoms. The molecule has 1 aromatic carbocycles. The predicted octanol–water partition coefficient (Wildman–Crippen LogP) is 2.29. The molecule has 0 saturated heterocycles. The van der Waals surface area contributed by atoms with E-state index in [1.807, 2.05) is 31.2 Å². The Labute approximate surface area is 77.8 Å². The monoisotopic (exact) mass is 173 g/mol. The van der Waals surface area contributed by atoms with Gasteiger partial charge in [-0.2, -0.15) is 5.26 Å². The van der Waals surface area contributed by atoms with E-state index in [0.717, 1.165) is 24.2 Å². The molecule has 0 fully saturated rings. The summed E-state index contributed by atoms with van der Waals surface area (Å²) in [5, 5.41) is 9.01. The van der Waals surface area contributed by atoms with Crippen molar-refractivity contribution < 1.29 is 4.74 Å². The molecule has 0 unspecified atom stereocenters. The number of hydrogen-bond acceptors (Lipinski definition) is 2. The minimum Gasteiger partial charge on any atom is -0.472 e. The molecule has 0 aliphatic carbocycles. The normalized spacial score (nSPS) is 24.6. The minimum absolute atomic E-state index is 0.607. The maximum absolute atomic E-state index is 9.01. The third-order valence-corrected chi connectivity index (χ3v) is 2.53. The first-order valence-corrected chi connectivity index (χ1v) is 4.48. The number of hydrogen-bond donors (Lipinski definition) is 0. The van der Waals surface area contributed by atoms with Gasteiger partial charge in [0.25, 0.3) is 0 Å². The number of rotatable bonds is 1. The van der Waals surface area contributed by atoms with Crippen molar-refractivity contribution in [3.8, 4) is 11.8 Å². The molecule has 1 atom stereocenters. The summed E-state index contributed by atoms with van der Waals surface area (Å²) in [4.78, 5) is 0. The summed E-state index contributed by atoms with van der Waals surface area (Å²) in [5.41, 5.74) is 0.537. The number of nitriles is 1. The van der Waals surface area contributed by atoms with Gasteiger partial charge in [0, 0.05) is 6.42 Å². The maximum atomic E-state index is 9.01. The summed E-state index contributed by atoms with van der Waals surface area (Å²) in [7, 11) is 0. The zero-order valence-electron chi connectivity index (χ0n) is 7.58. The van der Waals surface area contributed by atoms with Crippen molar-refractivity contribution in [3.05, 3.63) is 29.8 Å². The lowest BCUT2D eigenvalue weighted by Gasteiger charge is -2.17. The van der Waals surface area contributed by atoms with Crippen LogP contribution in [0.15, 0.2) is 24.3 Å². The van der Waals surface area contributed by atoms with Gasteiger partial charge >= 0.3 is 0 Å². The Bertz CT molecular complexity index is 340. The van der Waals surface area contributed by atoms with Crippen LogP contribution in [0.1, 0.15) is 18.9 Å². The molecule has 66 valence electrons. The van der Waals surface area contributed by atoms with Crippen LogP contribution in [0.2, 0.25) is 0 Å². The molecule has 0 amide bonds. The van der Waals surface area contributed by atoms with Crippen molar-refractivity contribution >= 4 is 0 Å². The van der Waals surface area contributed by atoms with E-state index in [2.05, 4.69) is 6.07 Å². The SMILES string of the molecule is CC[C@]1(C#N)Cc2ccccc2O1. The van der Waals surface area contributed by atoms with Crippen LogP contribution in [0.25, 0.3) is 0 Å². The Morgan fingerprint density at radius 3 is 2.92 bits per heavy atom. The van der Waals surface area contributed by atoms with Crippen molar-refractivity contribution in [2.75, 3.05) is 0 Å². The third kappa shape index (κ3) is 1.17. The molecule has 0 N–H and O–H groups in total. The fourth-order valence-corrected chi connectivity index (χ4v) is 1.64. The van der Waals surface area contributed by atoms with E-state index in [0.29, 0.717) is 0 Å². The molecule has 0 bridgehead atoms. The van der Waals surface area contributed by atoms with Crippen molar-refractivity contribution in [3.63, 3.8) is 0 Å². The molecule has 1 aliphatic heterocycles. The van der Waals surface area contributed by atoms with E-state index < -0.39 is 5.60 Å². The van der Waals surface area contributed by atoms with E-state index in [-0.39, 0.29) is 0 Å². The van der Waals surface area contributed by atoms with E-state index in [1.165, 1.54) is 0 Å². The molecule has 2 nitrogen and oxygen atoms in total. The molecule has 1 aromatic rings. The second kappa shape index (κ2) is 2.77. The van der Waals surface area contributed by atoms with Gasteiger partial charge in [-0.25, -0.2) is 0 Å². The van der Waals surface area contributed by atoms with Crippen LogP contribution in [0.5, 0.6) is 5.75 Å². The number of fused-ring (bicyclic) bond motifs is 1. The maximum Gasteiger partial charge on any atom is 0.198 e. The van der Waals surface area contributed by atoms with Crippen LogP contribution in [-0.4, -0.2) is 5.60 Å². The Kier molecular flexibility index (Phi) is 1.73. The summed E-state index contributed by atoms with van der Waals surface area (Å²) < 4.78 is 5.63. The lowest BCUT2D eigenvalue weighted by atomic mass is 9.96. The molecule has 2 rings (SSSR count). The highest BCUT2D eigenvalue weighted by molar-refractivity contribution is 5.41. The average molecular weight is 173 g/mol. The van der Waals surface area contributed by atoms with Crippen LogP contribution < -0.4 is 4.74 Å². The van der Waals surface area contributed by atoms with Gasteiger partial charge in [-0.1, -0.05) is 25.1 Å². The summed E-state index contributed by atoms with van der Waals surface area (Å²) in [6.45, 7) is 1.98. The highest BCUT2D eigenvalue weighted by Crippen LogP contribution is 2.36. The van der Waals surface area contributed by atoms with E-state index >= 15 is 0 Å². The van der Waals surface area contributed by atoms with Crippen molar-refractivity contribution in [2.45, 2.75) is 25.4 Å². The van der Waals surface area contributed by atoms with Crippen LogP contribution in [0, 0.1) is 11.3 Å². The summed E-state index contributed by atoms with van der Waals surface area (Å²) in [6.07, 6.45) is 1.45. The minimum atomic E-state index is -0.607. The molecular weight excluding hydrogens is 162 g/mol. The van der Waals surface area contributed by atoms with E-state index in [9.17, 15) is 0 Å². The lowest BCUT2D eigenvalue weighted by Crippen LogP contribution is -2.31. The highest BCUT2D eigenvalue weighted by atomic mass is 16.5. The smallest absolute Gasteiger partial charge is 0.198 e. The lowest BCUT2D eigenvalue weighted by molar-refractivity contribution is 0.152. The topological polar surface area (TPSA) is 33.0 Å². The largest absolute Gasteiger partial charge is 0.472 e. The van der Waals surface area contributed by atoms with Crippen molar-refractivity contribution in [1.29, 1.82) is 5.26 Å². The second-order valence-corrected chi connectivity index (χ2v) is 3.35. The first-order valence-electron chi connectivity index (χ1n) is 4.48. The van der Waals surface area contributed by atoms with Crippen LogP contribution in [-0.2, 0) is 6.42 Å². The molecule has 0 radical (unpaired) electrons. The molecular formula is C11H11NO. The van der Waals surface area contributed by atoms with Gasteiger partial charge in [-0.3, -0.25) is 0 Å². The number of para-hydroxylation sites is 1. The quantitative estimate of drug-likeness (QED) is 0.652. The zero-order chi connectivity index (χ0) is 9.31. The molecule has 0 saturated carbocycles. The Hall–Kier alpha value is -1.49. The molecule has 0 aromatic heterocycles. The van der Waals surface area contributed by atoms with Crippen LogP contribution in [0.3, 0.4) is 0 Å². The Morgan fingerprint density at radius 1 is 1.54 bits per heavy atom. The number of benzene rings is 1. The fourth-order valence-electron chi connectivity index (χ4n) is 1.64. The predicted molar refractivity (Wildman–Crippen MR) is 49.4 cm³/mol. The Morgan fingerprint density at radius 2 is 2.31 bits per heavy atom. The van der Waals surface area contributed by atoms with Gasteiger partial charge in [0.2, 0.25) is 0 Å². The molecule has 2 heteroatoms. The zero-order valence-corrected chi connectivity index (χ0v) is 7.58. The average Bonchev–Trinajstić information content (AvgIpc) is 2.57. The summed E-state index contributed by atoms with van der Waals surface area (Å²) in [6, 6.07) is 10.1. The molecule has 1 heterocycles. The van der Waals surface area contributed by atoms with Gasteiger partial charge in [-0.15, -0.1) is 0 Å². The first kappa shape index (κ1) is 8.12. The summed E-state index contributed by atoms with van der Waals surface area (Å²) >= 11 is 0. The van der Waals surface area contributed by atoms with Gasteiger partial charge in [0.05, 0.1) is 0 Å².